The van der Waals surface area contributed by atoms with Crippen molar-refractivity contribution in [2.45, 2.75) is 46.5 Å². The maximum Gasteiger partial charge on any atom is 0.227 e. The van der Waals surface area contributed by atoms with Gasteiger partial charge in [-0.1, -0.05) is 35.8 Å². The number of aryl methyl sites for hydroxylation is 1. The van der Waals surface area contributed by atoms with Crippen LogP contribution in [0.1, 0.15) is 45.1 Å². The summed E-state index contributed by atoms with van der Waals surface area (Å²) in [6.45, 7) is 6.92. The van der Waals surface area contributed by atoms with Gasteiger partial charge in [-0.2, -0.15) is 0 Å². The Hall–Kier alpha value is -1.36. The fraction of sp³-hybridized carbons (Fsp3) is 0.579. The number of carbonyl (C=O) groups excluding carboxylic acids is 2. The molecule has 1 aromatic rings. The average Bonchev–Trinajstić information content (AvgIpc) is 2.56. The summed E-state index contributed by atoms with van der Waals surface area (Å²) in [5.74, 6) is 0.724. The normalized spacial score (nSPS) is 20.7. The molecule has 24 heavy (non-hydrogen) atoms. The molecule has 0 spiro atoms. The Morgan fingerprint density at radius 3 is 2.25 bits per heavy atom. The summed E-state index contributed by atoms with van der Waals surface area (Å²) in [6, 6.07) is 5.83. The Morgan fingerprint density at radius 1 is 1.12 bits per heavy atom. The summed E-state index contributed by atoms with van der Waals surface area (Å²) in [7, 11) is 0. The number of hydrogen-bond donors (Lipinski definition) is 2. The Balaban J connectivity index is 1.82. The van der Waals surface area contributed by atoms with Crippen molar-refractivity contribution >= 4 is 33.4 Å². The predicted molar refractivity (Wildman–Crippen MR) is 101 cm³/mol. The van der Waals surface area contributed by atoms with Crippen LogP contribution in [0.25, 0.3) is 0 Å². The van der Waals surface area contributed by atoms with Crippen LogP contribution < -0.4 is 10.6 Å². The molecule has 2 N–H and O–H groups in total. The second-order valence-electron chi connectivity index (χ2n) is 7.14. The molecule has 0 aromatic heterocycles. The molecule has 0 radical (unpaired) electrons. The van der Waals surface area contributed by atoms with E-state index in [0.717, 1.165) is 48.0 Å². The van der Waals surface area contributed by atoms with Crippen molar-refractivity contribution < 1.29 is 9.59 Å². The van der Waals surface area contributed by atoms with Gasteiger partial charge in [0.25, 0.3) is 0 Å². The van der Waals surface area contributed by atoms with Crippen LogP contribution in [0, 0.1) is 24.7 Å². The van der Waals surface area contributed by atoms with Crippen LogP contribution >= 0.6 is 15.9 Å². The van der Waals surface area contributed by atoms with Gasteiger partial charge in [-0.3, -0.25) is 9.59 Å². The van der Waals surface area contributed by atoms with Gasteiger partial charge in [0.05, 0.1) is 0 Å². The van der Waals surface area contributed by atoms with Crippen LogP contribution in [0.4, 0.5) is 5.69 Å². The lowest BCUT2D eigenvalue weighted by Gasteiger charge is -2.27. The predicted octanol–water partition coefficient (Wildman–Crippen LogP) is 4.27. The van der Waals surface area contributed by atoms with Crippen molar-refractivity contribution in [2.24, 2.45) is 17.8 Å². The molecule has 132 valence electrons. The van der Waals surface area contributed by atoms with Crippen molar-refractivity contribution in [3.8, 4) is 0 Å². The first-order valence-electron chi connectivity index (χ1n) is 8.71. The van der Waals surface area contributed by atoms with Crippen molar-refractivity contribution in [1.82, 2.24) is 5.32 Å². The summed E-state index contributed by atoms with van der Waals surface area (Å²) >= 11 is 3.48. The summed E-state index contributed by atoms with van der Waals surface area (Å²) in [4.78, 5) is 24.6. The van der Waals surface area contributed by atoms with Crippen LogP contribution in [0.3, 0.4) is 0 Å². The zero-order valence-corrected chi connectivity index (χ0v) is 16.3. The summed E-state index contributed by atoms with van der Waals surface area (Å²) < 4.78 is 0.992. The molecule has 5 heteroatoms. The Morgan fingerprint density at radius 2 is 1.71 bits per heavy atom. The minimum atomic E-state index is -0.000715. The highest BCUT2D eigenvalue weighted by molar-refractivity contribution is 9.10. The zero-order valence-electron chi connectivity index (χ0n) is 14.7. The number of hydrogen-bond acceptors (Lipinski definition) is 2. The molecule has 1 saturated carbocycles. The minimum Gasteiger partial charge on any atom is -0.356 e. The monoisotopic (exact) mass is 394 g/mol. The van der Waals surface area contributed by atoms with E-state index >= 15 is 0 Å². The molecule has 0 aliphatic heterocycles. The largest absolute Gasteiger partial charge is 0.356 e. The van der Waals surface area contributed by atoms with E-state index in [0.29, 0.717) is 5.92 Å². The Bertz CT molecular complexity index is 593. The van der Waals surface area contributed by atoms with Gasteiger partial charge in [0, 0.05) is 28.5 Å². The van der Waals surface area contributed by atoms with Crippen LogP contribution in [-0.4, -0.2) is 18.4 Å². The number of benzene rings is 1. The van der Waals surface area contributed by atoms with Crippen molar-refractivity contribution in [3.05, 3.63) is 28.2 Å². The minimum absolute atomic E-state index is 0.000715. The molecule has 0 bridgehead atoms. The Labute approximate surface area is 152 Å². The second kappa shape index (κ2) is 8.65. The van der Waals surface area contributed by atoms with Gasteiger partial charge in [0.2, 0.25) is 11.8 Å². The van der Waals surface area contributed by atoms with Crippen LogP contribution in [0.5, 0.6) is 0 Å². The highest BCUT2D eigenvalue weighted by Crippen LogP contribution is 2.30. The van der Waals surface area contributed by atoms with Crippen molar-refractivity contribution in [2.75, 3.05) is 11.9 Å². The number of nitrogens with one attached hydrogen (secondary N) is 2. The summed E-state index contributed by atoms with van der Waals surface area (Å²) in [5, 5.41) is 6.00. The number of carbonyl (C=O) groups is 2. The van der Waals surface area contributed by atoms with Crippen LogP contribution in [-0.2, 0) is 9.59 Å². The standard InChI is InChI=1S/C19H27BrN2O2/c1-12(2)11-21-18(23)14-5-7-15(8-6-14)19(24)22-16-9-4-13(3)17(20)10-16/h4,9-10,12,14-15H,5-8,11H2,1-3H3,(H,21,23)(H,22,24). The molecule has 2 amide bonds. The Kier molecular flexibility index (Phi) is 6.84. The third kappa shape index (κ3) is 5.33. The van der Waals surface area contributed by atoms with E-state index in [-0.39, 0.29) is 23.7 Å². The molecule has 1 aromatic carbocycles. The average molecular weight is 395 g/mol. The number of rotatable bonds is 5. The van der Waals surface area contributed by atoms with E-state index in [1.807, 2.05) is 25.1 Å². The number of anilines is 1. The van der Waals surface area contributed by atoms with Gasteiger partial charge in [0.15, 0.2) is 0 Å². The molecular weight excluding hydrogens is 368 g/mol. The topological polar surface area (TPSA) is 58.2 Å². The zero-order chi connectivity index (χ0) is 17.7. The summed E-state index contributed by atoms with van der Waals surface area (Å²) in [6.07, 6.45) is 3.14. The first-order chi connectivity index (χ1) is 11.4. The lowest BCUT2D eigenvalue weighted by Crippen LogP contribution is -2.37. The van der Waals surface area contributed by atoms with Crippen molar-refractivity contribution in [3.63, 3.8) is 0 Å². The molecule has 4 nitrogen and oxygen atoms in total. The van der Waals surface area contributed by atoms with E-state index in [1.54, 1.807) is 0 Å². The van der Waals surface area contributed by atoms with Gasteiger partial charge >= 0.3 is 0 Å². The first-order valence-corrected chi connectivity index (χ1v) is 9.51. The molecule has 0 atom stereocenters. The molecule has 0 unspecified atom stereocenters. The van der Waals surface area contributed by atoms with Gasteiger partial charge in [-0.05, 0) is 56.2 Å². The molecule has 0 saturated heterocycles. The third-order valence-electron chi connectivity index (χ3n) is 4.59. The summed E-state index contributed by atoms with van der Waals surface area (Å²) in [5.41, 5.74) is 1.95. The third-order valence-corrected chi connectivity index (χ3v) is 5.45. The lowest BCUT2D eigenvalue weighted by atomic mass is 9.81. The molecule has 1 aliphatic carbocycles. The van der Waals surface area contributed by atoms with Gasteiger partial charge < -0.3 is 10.6 Å². The van der Waals surface area contributed by atoms with Gasteiger partial charge in [-0.15, -0.1) is 0 Å². The smallest absolute Gasteiger partial charge is 0.227 e. The van der Waals surface area contributed by atoms with E-state index in [1.165, 1.54) is 0 Å². The molecule has 1 aliphatic rings. The number of amides is 2. The molecule has 1 fully saturated rings. The van der Waals surface area contributed by atoms with Crippen molar-refractivity contribution in [1.29, 1.82) is 0 Å². The molecule has 2 rings (SSSR count). The van der Waals surface area contributed by atoms with Gasteiger partial charge in [0.1, 0.15) is 0 Å². The SMILES string of the molecule is Cc1ccc(NC(=O)C2CCC(C(=O)NCC(C)C)CC2)cc1Br. The van der Waals surface area contributed by atoms with E-state index in [9.17, 15) is 9.59 Å². The quantitative estimate of drug-likeness (QED) is 0.782. The van der Waals surface area contributed by atoms with Crippen LogP contribution in [0.2, 0.25) is 0 Å². The van der Waals surface area contributed by atoms with E-state index < -0.39 is 0 Å². The van der Waals surface area contributed by atoms with Crippen LogP contribution in [0.15, 0.2) is 22.7 Å². The van der Waals surface area contributed by atoms with E-state index in [2.05, 4.69) is 40.4 Å². The second-order valence-corrected chi connectivity index (χ2v) is 8.00. The lowest BCUT2D eigenvalue weighted by molar-refractivity contribution is -0.128. The van der Waals surface area contributed by atoms with Gasteiger partial charge in [-0.25, -0.2) is 0 Å². The highest BCUT2D eigenvalue weighted by atomic mass is 79.9. The van der Waals surface area contributed by atoms with E-state index in [4.69, 9.17) is 0 Å². The molecule has 0 heterocycles. The maximum absolute atomic E-state index is 12.4. The molecular formula is C19H27BrN2O2. The highest BCUT2D eigenvalue weighted by Gasteiger charge is 2.29. The maximum atomic E-state index is 12.4. The fourth-order valence-electron chi connectivity index (χ4n) is 2.98. The number of halogens is 1. The fourth-order valence-corrected chi connectivity index (χ4v) is 3.36. The first kappa shape index (κ1) is 19.0.